The SMILES string of the molecule is O=C(O)c1cccc(-c2nc(Nc3cnn(CC(F)F)c3)ncc2F)c1F. The summed E-state index contributed by atoms with van der Waals surface area (Å²) in [5.41, 5.74) is -1.18. The van der Waals surface area contributed by atoms with Crippen molar-refractivity contribution in [3.8, 4) is 11.3 Å². The van der Waals surface area contributed by atoms with Crippen molar-refractivity contribution in [1.82, 2.24) is 19.7 Å². The van der Waals surface area contributed by atoms with Crippen molar-refractivity contribution in [1.29, 1.82) is 0 Å². The molecule has 27 heavy (non-hydrogen) atoms. The van der Waals surface area contributed by atoms with Crippen LogP contribution < -0.4 is 5.32 Å². The molecule has 0 aliphatic rings. The van der Waals surface area contributed by atoms with Gasteiger partial charge in [-0.1, -0.05) is 6.07 Å². The lowest BCUT2D eigenvalue weighted by Crippen LogP contribution is -2.06. The lowest BCUT2D eigenvalue weighted by atomic mass is 10.1. The van der Waals surface area contributed by atoms with Crippen LogP contribution in [0.3, 0.4) is 0 Å². The summed E-state index contributed by atoms with van der Waals surface area (Å²) in [6, 6.07) is 3.47. The molecule has 0 saturated heterocycles. The molecular weight excluding hydrogens is 370 g/mol. The molecule has 0 amide bonds. The summed E-state index contributed by atoms with van der Waals surface area (Å²) in [6.07, 6.45) is 0.696. The molecule has 11 heteroatoms. The van der Waals surface area contributed by atoms with E-state index in [1.807, 2.05) is 0 Å². The van der Waals surface area contributed by atoms with Crippen LogP contribution in [0.2, 0.25) is 0 Å². The number of anilines is 2. The zero-order valence-corrected chi connectivity index (χ0v) is 13.4. The van der Waals surface area contributed by atoms with Crippen LogP contribution in [0, 0.1) is 11.6 Å². The van der Waals surface area contributed by atoms with Gasteiger partial charge in [-0.25, -0.2) is 32.3 Å². The van der Waals surface area contributed by atoms with E-state index in [2.05, 4.69) is 20.4 Å². The Bertz CT molecular complexity index is 993. The molecule has 0 aliphatic carbocycles. The predicted octanol–water partition coefficient (Wildman–Crippen LogP) is 3.33. The van der Waals surface area contributed by atoms with Crippen LogP contribution in [-0.4, -0.2) is 37.2 Å². The van der Waals surface area contributed by atoms with E-state index in [1.165, 1.54) is 24.5 Å². The lowest BCUT2D eigenvalue weighted by molar-refractivity contribution is 0.0692. The number of rotatable bonds is 6. The lowest BCUT2D eigenvalue weighted by Gasteiger charge is -2.08. The van der Waals surface area contributed by atoms with Gasteiger partial charge in [-0.2, -0.15) is 5.10 Å². The number of carboxylic acid groups (broad SMARTS) is 1. The highest BCUT2D eigenvalue weighted by atomic mass is 19.3. The van der Waals surface area contributed by atoms with Gasteiger partial charge in [-0.3, -0.25) is 4.68 Å². The third kappa shape index (κ3) is 4.02. The second-order valence-electron chi connectivity index (χ2n) is 5.33. The fourth-order valence-electron chi connectivity index (χ4n) is 2.29. The Kier molecular flexibility index (Phi) is 5.01. The number of halogens is 4. The minimum absolute atomic E-state index is 0.150. The number of benzene rings is 1. The van der Waals surface area contributed by atoms with E-state index >= 15 is 0 Å². The summed E-state index contributed by atoms with van der Waals surface area (Å²) in [6.45, 7) is -0.607. The normalized spacial score (nSPS) is 11.0. The van der Waals surface area contributed by atoms with Gasteiger partial charge in [-0.05, 0) is 12.1 Å². The third-order valence-corrected chi connectivity index (χ3v) is 3.44. The van der Waals surface area contributed by atoms with E-state index in [4.69, 9.17) is 5.11 Å². The van der Waals surface area contributed by atoms with Gasteiger partial charge in [0.2, 0.25) is 5.95 Å². The van der Waals surface area contributed by atoms with Crippen LogP contribution in [0.5, 0.6) is 0 Å². The molecule has 2 aromatic heterocycles. The first-order valence-electron chi connectivity index (χ1n) is 7.47. The number of aromatic nitrogens is 4. The van der Waals surface area contributed by atoms with Gasteiger partial charge in [0.1, 0.15) is 18.1 Å². The predicted molar refractivity (Wildman–Crippen MR) is 85.9 cm³/mol. The van der Waals surface area contributed by atoms with Crippen molar-refractivity contribution in [2.75, 3.05) is 5.32 Å². The molecule has 0 aliphatic heterocycles. The fraction of sp³-hybridized carbons (Fsp3) is 0.125. The Hall–Kier alpha value is -3.50. The molecule has 0 saturated carbocycles. The molecule has 2 heterocycles. The maximum absolute atomic E-state index is 14.4. The molecule has 0 unspecified atom stereocenters. The van der Waals surface area contributed by atoms with Crippen LogP contribution in [0.25, 0.3) is 11.3 Å². The van der Waals surface area contributed by atoms with Crippen molar-refractivity contribution < 1.29 is 27.5 Å². The van der Waals surface area contributed by atoms with Crippen molar-refractivity contribution in [3.05, 3.63) is 54.0 Å². The van der Waals surface area contributed by atoms with Gasteiger partial charge in [0.05, 0.1) is 23.6 Å². The minimum atomic E-state index is -2.59. The topological polar surface area (TPSA) is 92.9 Å². The number of hydrogen-bond acceptors (Lipinski definition) is 5. The Balaban J connectivity index is 1.92. The third-order valence-electron chi connectivity index (χ3n) is 3.44. The number of carboxylic acids is 1. The molecule has 140 valence electrons. The quantitative estimate of drug-likeness (QED) is 0.637. The number of carbonyl (C=O) groups is 1. The number of hydrogen-bond donors (Lipinski definition) is 2. The molecule has 1 aromatic carbocycles. The molecule has 2 N–H and O–H groups in total. The maximum Gasteiger partial charge on any atom is 0.338 e. The number of aromatic carboxylic acids is 1. The van der Waals surface area contributed by atoms with E-state index in [0.29, 0.717) is 0 Å². The Morgan fingerprint density at radius 1 is 1.26 bits per heavy atom. The molecule has 0 atom stereocenters. The molecule has 0 spiro atoms. The largest absolute Gasteiger partial charge is 0.478 e. The standard InChI is InChI=1S/C16H11F4N5O2/c17-11-5-21-16(23-8-4-22-25(6-8)7-12(18)19)24-14(11)9-2-1-3-10(13(9)20)15(26)27/h1-6,12H,7H2,(H,26,27)(H,21,23,24). The van der Waals surface area contributed by atoms with E-state index in [0.717, 1.165) is 16.9 Å². The molecule has 0 radical (unpaired) electrons. The number of nitrogens with one attached hydrogen (secondary N) is 1. The molecule has 3 aromatic rings. The van der Waals surface area contributed by atoms with Crippen LogP contribution in [0.15, 0.2) is 36.8 Å². The van der Waals surface area contributed by atoms with Crippen molar-refractivity contribution >= 4 is 17.6 Å². The molecule has 3 rings (SSSR count). The first-order valence-corrected chi connectivity index (χ1v) is 7.47. The van der Waals surface area contributed by atoms with E-state index in [-0.39, 0.29) is 17.2 Å². The second-order valence-corrected chi connectivity index (χ2v) is 5.33. The van der Waals surface area contributed by atoms with Gasteiger partial charge >= 0.3 is 5.97 Å². The Labute approximate surface area is 149 Å². The van der Waals surface area contributed by atoms with Crippen molar-refractivity contribution in [2.45, 2.75) is 13.0 Å². The molecule has 7 nitrogen and oxygen atoms in total. The van der Waals surface area contributed by atoms with Crippen LogP contribution >= 0.6 is 0 Å². The van der Waals surface area contributed by atoms with Gasteiger partial charge < -0.3 is 10.4 Å². The van der Waals surface area contributed by atoms with E-state index in [9.17, 15) is 22.4 Å². The number of nitrogens with zero attached hydrogens (tertiary/aromatic N) is 4. The van der Waals surface area contributed by atoms with Gasteiger partial charge in [0.25, 0.3) is 6.43 Å². The zero-order chi connectivity index (χ0) is 19.6. The van der Waals surface area contributed by atoms with Crippen molar-refractivity contribution in [3.63, 3.8) is 0 Å². The Morgan fingerprint density at radius 2 is 2.04 bits per heavy atom. The van der Waals surface area contributed by atoms with Crippen LogP contribution in [0.1, 0.15) is 10.4 Å². The van der Waals surface area contributed by atoms with Crippen LogP contribution in [-0.2, 0) is 6.54 Å². The zero-order valence-electron chi connectivity index (χ0n) is 13.4. The average Bonchev–Trinajstić information content (AvgIpc) is 3.03. The van der Waals surface area contributed by atoms with E-state index < -0.39 is 41.8 Å². The smallest absolute Gasteiger partial charge is 0.338 e. The summed E-state index contributed by atoms with van der Waals surface area (Å²) in [5.74, 6) is -3.76. The molecule has 0 fully saturated rings. The van der Waals surface area contributed by atoms with Crippen LogP contribution in [0.4, 0.5) is 29.2 Å². The Morgan fingerprint density at radius 3 is 2.74 bits per heavy atom. The first kappa shape index (κ1) is 18.3. The summed E-state index contributed by atoms with van der Waals surface area (Å²) in [7, 11) is 0. The minimum Gasteiger partial charge on any atom is -0.478 e. The highest BCUT2D eigenvalue weighted by Crippen LogP contribution is 2.27. The highest BCUT2D eigenvalue weighted by Gasteiger charge is 2.19. The van der Waals surface area contributed by atoms with Crippen molar-refractivity contribution in [2.24, 2.45) is 0 Å². The summed E-state index contributed by atoms with van der Waals surface area (Å²) in [5, 5.41) is 15.3. The molecular formula is C16H11F4N5O2. The molecule has 0 bridgehead atoms. The van der Waals surface area contributed by atoms with Gasteiger partial charge in [0.15, 0.2) is 5.82 Å². The first-order chi connectivity index (χ1) is 12.8. The van der Waals surface area contributed by atoms with Gasteiger partial charge in [-0.15, -0.1) is 0 Å². The summed E-state index contributed by atoms with van der Waals surface area (Å²) >= 11 is 0. The summed E-state index contributed by atoms with van der Waals surface area (Å²) < 4.78 is 54.1. The fourth-order valence-corrected chi connectivity index (χ4v) is 2.29. The monoisotopic (exact) mass is 381 g/mol. The highest BCUT2D eigenvalue weighted by molar-refractivity contribution is 5.89. The average molecular weight is 381 g/mol. The second kappa shape index (κ2) is 7.40. The maximum atomic E-state index is 14.4. The van der Waals surface area contributed by atoms with Gasteiger partial charge in [0, 0.05) is 11.8 Å². The van der Waals surface area contributed by atoms with E-state index in [1.54, 1.807) is 0 Å². The number of alkyl halides is 2. The summed E-state index contributed by atoms with van der Waals surface area (Å²) in [4.78, 5) is 18.6.